The van der Waals surface area contributed by atoms with Crippen LogP contribution in [0.25, 0.3) is 22.3 Å². The van der Waals surface area contributed by atoms with Gasteiger partial charge in [0, 0.05) is 29.6 Å². The van der Waals surface area contributed by atoms with Gasteiger partial charge in [-0.25, -0.2) is 12.8 Å². The first-order chi connectivity index (χ1) is 17.0. The fourth-order valence-electron chi connectivity index (χ4n) is 4.18. The van der Waals surface area contributed by atoms with Crippen LogP contribution in [-0.2, 0) is 24.3 Å². The predicted octanol–water partition coefficient (Wildman–Crippen LogP) is 2.33. The molecule has 0 fully saturated rings. The number of hydrogen-bond donors (Lipinski definition) is 2. The molecule has 2 aromatic carbocycles. The molecule has 1 aliphatic rings. The number of ether oxygens (including phenoxy) is 2. The smallest absolute Gasteiger partial charge is 0.319 e. The Labute approximate surface area is 207 Å². The normalized spacial score (nSPS) is 18.0. The third-order valence-corrected chi connectivity index (χ3v) is 7.01. The molecule has 1 aromatic heterocycles. The first-order valence-corrected chi connectivity index (χ1v) is 13.0. The standard InChI is InChI=1S/C24H26FN3O7S/c1-13-17-8-18-20(35-23(22(18)24(30)27-2)14-4-6-15(25)7-5-14)9-19(17)28(36(3,31)32)11-16(34-13)12-33-21(29)10-26/h4-9,13,16H,10-12,26H2,1-3H3,(H,27,30)/t13-,16-/m0/s1. The van der Waals surface area contributed by atoms with E-state index < -0.39 is 39.9 Å². The first-order valence-electron chi connectivity index (χ1n) is 11.1. The maximum absolute atomic E-state index is 13.5. The number of anilines is 1. The molecule has 0 bridgehead atoms. The fraction of sp³-hybridized carbons (Fsp3) is 0.333. The van der Waals surface area contributed by atoms with E-state index in [4.69, 9.17) is 19.6 Å². The van der Waals surface area contributed by atoms with Crippen LogP contribution in [0.2, 0.25) is 0 Å². The molecule has 1 amide bonds. The second-order valence-corrected chi connectivity index (χ2v) is 10.3. The van der Waals surface area contributed by atoms with Gasteiger partial charge in [0.2, 0.25) is 10.0 Å². The van der Waals surface area contributed by atoms with Crippen molar-refractivity contribution in [2.75, 3.05) is 37.3 Å². The number of rotatable bonds is 6. The summed E-state index contributed by atoms with van der Waals surface area (Å²) >= 11 is 0. The Morgan fingerprint density at radius 1 is 1.25 bits per heavy atom. The van der Waals surface area contributed by atoms with E-state index in [1.807, 2.05) is 0 Å². The van der Waals surface area contributed by atoms with Crippen molar-refractivity contribution in [3.8, 4) is 11.3 Å². The zero-order valence-corrected chi connectivity index (χ0v) is 20.7. The lowest BCUT2D eigenvalue weighted by atomic mass is 10.0. The highest BCUT2D eigenvalue weighted by atomic mass is 32.2. The zero-order valence-electron chi connectivity index (χ0n) is 19.9. The minimum absolute atomic E-state index is 0.118. The van der Waals surface area contributed by atoms with Crippen LogP contribution in [-0.4, -0.2) is 59.4 Å². The summed E-state index contributed by atoms with van der Waals surface area (Å²) in [6.07, 6.45) is -0.335. The highest BCUT2D eigenvalue weighted by Crippen LogP contribution is 2.42. The average Bonchev–Trinajstić information content (AvgIpc) is 3.14. The molecule has 3 aromatic rings. The number of nitrogens with two attached hydrogens (primary N) is 1. The lowest BCUT2D eigenvalue weighted by Gasteiger charge is -2.24. The van der Waals surface area contributed by atoms with Gasteiger partial charge in [-0.15, -0.1) is 0 Å². The maximum Gasteiger partial charge on any atom is 0.319 e. The van der Waals surface area contributed by atoms with E-state index in [1.54, 1.807) is 19.1 Å². The number of carbonyl (C=O) groups excluding carboxylic acids is 2. The van der Waals surface area contributed by atoms with Crippen molar-refractivity contribution >= 4 is 38.6 Å². The van der Waals surface area contributed by atoms with Crippen molar-refractivity contribution in [2.24, 2.45) is 5.73 Å². The van der Waals surface area contributed by atoms with Gasteiger partial charge in [0.15, 0.2) is 0 Å². The Balaban J connectivity index is 1.89. The molecule has 0 radical (unpaired) electrons. The Morgan fingerprint density at radius 2 is 1.94 bits per heavy atom. The number of esters is 1. The van der Waals surface area contributed by atoms with Gasteiger partial charge in [-0.05, 0) is 37.3 Å². The van der Waals surface area contributed by atoms with E-state index in [2.05, 4.69) is 5.32 Å². The monoisotopic (exact) mass is 519 g/mol. The van der Waals surface area contributed by atoms with Crippen molar-refractivity contribution in [2.45, 2.75) is 19.1 Å². The molecule has 0 saturated heterocycles. The SMILES string of the molecule is CNC(=O)c1c(-c2ccc(F)cc2)oc2cc3c(cc12)[C@H](C)O[C@H](COC(=O)CN)CN3S(C)(=O)=O. The topological polar surface area (TPSA) is 141 Å². The Morgan fingerprint density at radius 3 is 2.56 bits per heavy atom. The van der Waals surface area contributed by atoms with Gasteiger partial charge in [0.25, 0.3) is 5.91 Å². The van der Waals surface area contributed by atoms with Crippen molar-refractivity contribution in [3.63, 3.8) is 0 Å². The van der Waals surface area contributed by atoms with Gasteiger partial charge in [-0.3, -0.25) is 13.9 Å². The Kier molecular flexibility index (Phi) is 7.03. The molecule has 36 heavy (non-hydrogen) atoms. The van der Waals surface area contributed by atoms with Gasteiger partial charge < -0.3 is 24.9 Å². The lowest BCUT2D eigenvalue weighted by molar-refractivity contribution is -0.147. The fourth-order valence-corrected chi connectivity index (χ4v) is 5.14. The molecule has 10 nitrogen and oxygen atoms in total. The van der Waals surface area contributed by atoms with Crippen LogP contribution in [0.3, 0.4) is 0 Å². The van der Waals surface area contributed by atoms with E-state index in [-0.39, 0.29) is 36.6 Å². The van der Waals surface area contributed by atoms with Crippen molar-refractivity contribution in [1.29, 1.82) is 0 Å². The Bertz CT molecular complexity index is 1420. The predicted molar refractivity (Wildman–Crippen MR) is 130 cm³/mol. The summed E-state index contributed by atoms with van der Waals surface area (Å²) in [6, 6.07) is 8.69. The molecule has 0 aliphatic carbocycles. The highest BCUT2D eigenvalue weighted by Gasteiger charge is 2.34. The average molecular weight is 520 g/mol. The molecule has 12 heteroatoms. The Hall–Kier alpha value is -3.48. The molecule has 192 valence electrons. The summed E-state index contributed by atoms with van der Waals surface area (Å²) in [5, 5.41) is 3.02. The van der Waals surface area contributed by atoms with E-state index in [1.165, 1.54) is 31.3 Å². The molecule has 2 atom stereocenters. The maximum atomic E-state index is 13.5. The quantitative estimate of drug-likeness (QED) is 0.473. The van der Waals surface area contributed by atoms with Gasteiger partial charge >= 0.3 is 5.97 Å². The largest absolute Gasteiger partial charge is 0.462 e. The molecular weight excluding hydrogens is 493 g/mol. The molecule has 2 heterocycles. The number of halogens is 1. The van der Waals surface area contributed by atoms with E-state index >= 15 is 0 Å². The van der Waals surface area contributed by atoms with Crippen LogP contribution in [0.15, 0.2) is 40.8 Å². The van der Waals surface area contributed by atoms with Crippen molar-refractivity contribution < 1.29 is 36.3 Å². The van der Waals surface area contributed by atoms with E-state index in [0.717, 1.165) is 10.6 Å². The van der Waals surface area contributed by atoms with Crippen LogP contribution in [0.5, 0.6) is 0 Å². The number of hydrogen-bond acceptors (Lipinski definition) is 8. The number of nitrogens with one attached hydrogen (secondary N) is 1. The zero-order chi connectivity index (χ0) is 26.2. The van der Waals surface area contributed by atoms with Crippen LogP contribution in [0.1, 0.15) is 28.9 Å². The highest BCUT2D eigenvalue weighted by molar-refractivity contribution is 7.92. The molecule has 3 N–H and O–H groups in total. The molecule has 0 saturated carbocycles. The number of carbonyl (C=O) groups is 2. The number of furan rings is 1. The molecule has 1 aliphatic heterocycles. The van der Waals surface area contributed by atoms with Gasteiger partial charge in [-0.1, -0.05) is 0 Å². The van der Waals surface area contributed by atoms with Crippen LogP contribution >= 0.6 is 0 Å². The molecule has 4 rings (SSSR count). The molecular formula is C24H26FN3O7S. The number of sulfonamides is 1. The van der Waals surface area contributed by atoms with Gasteiger partial charge in [0.1, 0.15) is 29.9 Å². The summed E-state index contributed by atoms with van der Waals surface area (Å²) in [5.41, 5.74) is 7.06. The third-order valence-electron chi connectivity index (χ3n) is 5.87. The summed E-state index contributed by atoms with van der Waals surface area (Å²) in [7, 11) is -2.31. The number of nitrogens with zero attached hydrogens (tertiary/aromatic N) is 1. The second kappa shape index (κ2) is 9.88. The van der Waals surface area contributed by atoms with Crippen molar-refractivity contribution in [1.82, 2.24) is 5.32 Å². The van der Waals surface area contributed by atoms with Crippen LogP contribution in [0, 0.1) is 5.82 Å². The summed E-state index contributed by atoms with van der Waals surface area (Å²) in [6.45, 7) is 1.12. The molecule has 0 spiro atoms. The van der Waals surface area contributed by atoms with Crippen molar-refractivity contribution in [3.05, 3.63) is 53.3 Å². The minimum Gasteiger partial charge on any atom is -0.462 e. The lowest BCUT2D eigenvalue weighted by Crippen LogP contribution is -2.39. The van der Waals surface area contributed by atoms with E-state index in [9.17, 15) is 22.4 Å². The number of amides is 1. The summed E-state index contributed by atoms with van der Waals surface area (Å²) < 4.78 is 57.4. The summed E-state index contributed by atoms with van der Waals surface area (Å²) in [5.74, 6) is -1.29. The van der Waals surface area contributed by atoms with E-state index in [0.29, 0.717) is 22.2 Å². The number of benzene rings is 2. The van der Waals surface area contributed by atoms with Crippen LogP contribution in [0.4, 0.5) is 10.1 Å². The van der Waals surface area contributed by atoms with Gasteiger partial charge in [0.05, 0.1) is 36.7 Å². The minimum atomic E-state index is -3.79. The van der Waals surface area contributed by atoms with Crippen LogP contribution < -0.4 is 15.4 Å². The number of fused-ring (bicyclic) bond motifs is 2. The summed E-state index contributed by atoms with van der Waals surface area (Å²) in [4.78, 5) is 24.4. The van der Waals surface area contributed by atoms with Gasteiger partial charge in [-0.2, -0.15) is 0 Å². The third kappa shape index (κ3) is 4.92. The first kappa shape index (κ1) is 25.6. The molecule has 0 unspecified atom stereocenters. The second-order valence-electron chi connectivity index (χ2n) is 8.38.